The average molecular weight is 242 g/mol. The van der Waals surface area contributed by atoms with Crippen LogP contribution in [-0.2, 0) is 18.3 Å². The van der Waals surface area contributed by atoms with Crippen molar-refractivity contribution in [3.8, 4) is 0 Å². The number of ketones is 1. The topological polar surface area (TPSA) is 34.9 Å². The molecule has 94 valence electrons. The molecule has 0 aliphatic heterocycles. The Morgan fingerprint density at radius 3 is 3.06 bits per heavy atom. The summed E-state index contributed by atoms with van der Waals surface area (Å²) >= 11 is 0. The number of hydrogen-bond donors (Lipinski definition) is 0. The van der Waals surface area contributed by atoms with Gasteiger partial charge in [-0.05, 0) is 31.2 Å². The molecule has 1 aromatic heterocycles. The van der Waals surface area contributed by atoms with E-state index in [9.17, 15) is 4.79 Å². The molecule has 18 heavy (non-hydrogen) atoms. The van der Waals surface area contributed by atoms with Crippen molar-refractivity contribution in [1.29, 1.82) is 0 Å². The maximum absolute atomic E-state index is 11.5. The van der Waals surface area contributed by atoms with E-state index in [-0.39, 0.29) is 0 Å². The first kappa shape index (κ1) is 11.5. The van der Waals surface area contributed by atoms with Gasteiger partial charge in [-0.25, -0.2) is 0 Å². The van der Waals surface area contributed by atoms with E-state index in [1.807, 2.05) is 17.8 Å². The Bertz CT molecular complexity index is 585. The first-order chi connectivity index (χ1) is 8.74. The van der Waals surface area contributed by atoms with Crippen molar-refractivity contribution in [2.45, 2.75) is 32.1 Å². The van der Waals surface area contributed by atoms with Gasteiger partial charge in [-0.15, -0.1) is 0 Å². The predicted octanol–water partition coefficient (Wildman–Crippen LogP) is 2.88. The van der Waals surface area contributed by atoms with Crippen LogP contribution >= 0.6 is 0 Å². The Morgan fingerprint density at radius 1 is 1.39 bits per heavy atom. The highest BCUT2D eigenvalue weighted by molar-refractivity contribution is 5.82. The Kier molecular flexibility index (Phi) is 2.90. The molecule has 1 saturated carbocycles. The molecule has 2 aromatic rings. The molecule has 0 saturated heterocycles. The number of nitrogens with zero attached hydrogens (tertiary/aromatic N) is 2. The number of benzene rings is 1. The van der Waals surface area contributed by atoms with E-state index >= 15 is 0 Å². The van der Waals surface area contributed by atoms with Crippen molar-refractivity contribution in [3.63, 3.8) is 0 Å². The van der Waals surface area contributed by atoms with Gasteiger partial charge in [-0.2, -0.15) is 5.10 Å². The summed E-state index contributed by atoms with van der Waals surface area (Å²) in [6, 6.07) is 8.32. The van der Waals surface area contributed by atoms with Crippen LogP contribution in [0.3, 0.4) is 0 Å². The minimum Gasteiger partial charge on any atom is -0.300 e. The van der Waals surface area contributed by atoms with Crippen LogP contribution in [0.2, 0.25) is 0 Å². The van der Waals surface area contributed by atoms with Crippen LogP contribution in [0, 0.1) is 5.92 Å². The lowest BCUT2D eigenvalue weighted by atomic mass is 9.85. The van der Waals surface area contributed by atoms with Crippen LogP contribution in [-0.4, -0.2) is 15.6 Å². The lowest BCUT2D eigenvalue weighted by molar-refractivity contribution is -0.121. The van der Waals surface area contributed by atoms with E-state index in [0.29, 0.717) is 11.7 Å². The molecule has 1 heterocycles. The second kappa shape index (κ2) is 4.56. The molecule has 1 aliphatic rings. The van der Waals surface area contributed by atoms with Crippen LogP contribution in [0.5, 0.6) is 0 Å². The summed E-state index contributed by atoms with van der Waals surface area (Å²) in [5, 5.41) is 5.85. The zero-order valence-corrected chi connectivity index (χ0v) is 10.7. The molecule has 1 fully saturated rings. The van der Waals surface area contributed by atoms with Crippen molar-refractivity contribution in [3.05, 3.63) is 30.0 Å². The normalized spacial score (nSPS) is 20.5. The Morgan fingerprint density at radius 2 is 2.22 bits per heavy atom. The monoisotopic (exact) mass is 242 g/mol. The minimum absolute atomic E-state index is 0.423. The second-order valence-corrected chi connectivity index (χ2v) is 5.29. The Labute approximate surface area is 107 Å². The van der Waals surface area contributed by atoms with Gasteiger partial charge in [0.05, 0.1) is 11.2 Å². The molecule has 1 unspecified atom stereocenters. The number of para-hydroxylation sites is 1. The van der Waals surface area contributed by atoms with Crippen LogP contribution in [0.1, 0.15) is 31.4 Å². The Balaban J connectivity index is 1.88. The molecule has 0 amide bonds. The second-order valence-electron chi connectivity index (χ2n) is 5.29. The molecule has 3 nitrogen and oxygen atoms in total. The number of fused-ring (bicyclic) bond motifs is 1. The fraction of sp³-hybridized carbons (Fsp3) is 0.467. The van der Waals surface area contributed by atoms with Gasteiger partial charge in [0.25, 0.3) is 0 Å². The fourth-order valence-electron chi connectivity index (χ4n) is 3.00. The minimum atomic E-state index is 0.423. The maximum Gasteiger partial charge on any atom is 0.133 e. The van der Waals surface area contributed by atoms with Crippen LogP contribution in [0.25, 0.3) is 10.9 Å². The summed E-state index contributed by atoms with van der Waals surface area (Å²) in [4.78, 5) is 11.5. The van der Waals surface area contributed by atoms with Gasteiger partial charge in [0, 0.05) is 25.3 Å². The third-order valence-corrected chi connectivity index (χ3v) is 3.90. The number of aryl methyl sites for hydroxylation is 1. The van der Waals surface area contributed by atoms with Gasteiger partial charge in [0.1, 0.15) is 5.78 Å². The fourth-order valence-corrected chi connectivity index (χ4v) is 3.00. The highest BCUT2D eigenvalue weighted by atomic mass is 16.1. The van der Waals surface area contributed by atoms with Gasteiger partial charge < -0.3 is 0 Å². The summed E-state index contributed by atoms with van der Waals surface area (Å²) in [7, 11) is 1.98. The summed E-state index contributed by atoms with van der Waals surface area (Å²) in [5.41, 5.74) is 2.32. The third-order valence-electron chi connectivity index (χ3n) is 3.90. The molecule has 1 aromatic carbocycles. The quantitative estimate of drug-likeness (QED) is 0.811. The largest absolute Gasteiger partial charge is 0.300 e. The zero-order valence-electron chi connectivity index (χ0n) is 10.7. The molecular weight excluding hydrogens is 224 g/mol. The van der Waals surface area contributed by atoms with Gasteiger partial charge >= 0.3 is 0 Å². The lowest BCUT2D eigenvalue weighted by Crippen LogP contribution is -2.17. The Hall–Kier alpha value is -1.64. The molecule has 1 atom stereocenters. The molecule has 0 N–H and O–H groups in total. The zero-order chi connectivity index (χ0) is 12.5. The van der Waals surface area contributed by atoms with Crippen LogP contribution in [0.4, 0.5) is 0 Å². The molecule has 3 heteroatoms. The molecule has 3 rings (SSSR count). The van der Waals surface area contributed by atoms with E-state index in [0.717, 1.165) is 37.8 Å². The highest BCUT2D eigenvalue weighted by Crippen LogP contribution is 2.27. The van der Waals surface area contributed by atoms with E-state index in [2.05, 4.69) is 23.3 Å². The molecule has 1 aliphatic carbocycles. The smallest absolute Gasteiger partial charge is 0.133 e. The predicted molar refractivity (Wildman–Crippen MR) is 71.4 cm³/mol. The van der Waals surface area contributed by atoms with Gasteiger partial charge in [0.15, 0.2) is 0 Å². The van der Waals surface area contributed by atoms with Crippen LogP contribution < -0.4 is 0 Å². The van der Waals surface area contributed by atoms with Gasteiger partial charge in [-0.1, -0.05) is 18.2 Å². The first-order valence-electron chi connectivity index (χ1n) is 6.66. The van der Waals surface area contributed by atoms with Crippen molar-refractivity contribution < 1.29 is 4.79 Å². The number of hydrogen-bond acceptors (Lipinski definition) is 2. The third kappa shape index (κ3) is 2.05. The van der Waals surface area contributed by atoms with E-state index in [4.69, 9.17) is 0 Å². The standard InChI is InChI=1S/C15H18N2O/c1-17-15-8-3-2-7-13(15)14(16-17)10-11-5-4-6-12(18)9-11/h2-3,7-8,11H,4-6,9-10H2,1H3. The molecular formula is C15H18N2O. The number of aromatic nitrogens is 2. The van der Waals surface area contributed by atoms with Gasteiger partial charge in [0.2, 0.25) is 0 Å². The van der Waals surface area contributed by atoms with Gasteiger partial charge in [-0.3, -0.25) is 9.48 Å². The number of carbonyl (C=O) groups is 1. The summed E-state index contributed by atoms with van der Waals surface area (Å²) in [6.07, 6.45) is 4.67. The highest BCUT2D eigenvalue weighted by Gasteiger charge is 2.21. The SMILES string of the molecule is Cn1nc(CC2CCCC(=O)C2)c2ccccc21. The van der Waals surface area contributed by atoms with Crippen LogP contribution in [0.15, 0.2) is 24.3 Å². The average Bonchev–Trinajstić information content (AvgIpc) is 2.67. The first-order valence-corrected chi connectivity index (χ1v) is 6.66. The number of carbonyl (C=O) groups excluding carboxylic acids is 1. The molecule has 0 bridgehead atoms. The van der Waals surface area contributed by atoms with E-state index < -0.39 is 0 Å². The summed E-state index contributed by atoms with van der Waals surface area (Å²) in [5.74, 6) is 0.913. The summed E-state index contributed by atoms with van der Waals surface area (Å²) < 4.78 is 1.94. The number of rotatable bonds is 2. The van der Waals surface area contributed by atoms with Crippen molar-refractivity contribution in [2.75, 3.05) is 0 Å². The van der Waals surface area contributed by atoms with Crippen molar-refractivity contribution in [1.82, 2.24) is 9.78 Å². The molecule has 0 spiro atoms. The number of Topliss-reactive ketones (excluding diaryl/α,β-unsaturated/α-hetero) is 1. The van der Waals surface area contributed by atoms with Crippen molar-refractivity contribution >= 4 is 16.7 Å². The van der Waals surface area contributed by atoms with Crippen molar-refractivity contribution in [2.24, 2.45) is 13.0 Å². The van der Waals surface area contributed by atoms with E-state index in [1.165, 1.54) is 10.9 Å². The lowest BCUT2D eigenvalue weighted by Gasteiger charge is -2.19. The molecule has 0 radical (unpaired) electrons. The van der Waals surface area contributed by atoms with E-state index in [1.54, 1.807) is 0 Å². The summed E-state index contributed by atoms with van der Waals surface area (Å²) in [6.45, 7) is 0. The maximum atomic E-state index is 11.5.